The number of amides is 1. The molecular weight excluding hydrogens is 290 g/mol. The summed E-state index contributed by atoms with van der Waals surface area (Å²) in [6.45, 7) is 1.45. The number of likely N-dealkylation sites (tertiary alicyclic amines) is 1. The van der Waals surface area contributed by atoms with Crippen molar-refractivity contribution in [2.24, 2.45) is 0 Å². The standard InChI is InChI=1S/C18H21N3O2/c1-23-17-16(10-5-11-19-17)18(22)21-12-6-9-15(13-21)20-14-7-3-2-4-8-14/h2-5,7-8,10-11,15,20H,6,9,12-13H2,1H3/t15-/m1/s1. The monoisotopic (exact) mass is 311 g/mol. The molecule has 0 saturated carbocycles. The Morgan fingerprint density at radius 1 is 1.26 bits per heavy atom. The maximum absolute atomic E-state index is 12.8. The summed E-state index contributed by atoms with van der Waals surface area (Å²) in [6.07, 6.45) is 3.67. The zero-order chi connectivity index (χ0) is 16.1. The van der Waals surface area contributed by atoms with Gasteiger partial charge in [-0.15, -0.1) is 0 Å². The first-order valence-corrected chi connectivity index (χ1v) is 7.88. The molecule has 1 aliphatic heterocycles. The van der Waals surface area contributed by atoms with Gasteiger partial charge in [-0.3, -0.25) is 4.79 Å². The molecule has 0 aliphatic carbocycles. The molecule has 1 N–H and O–H groups in total. The molecule has 0 unspecified atom stereocenters. The van der Waals surface area contributed by atoms with Crippen molar-refractivity contribution in [1.82, 2.24) is 9.88 Å². The van der Waals surface area contributed by atoms with Gasteiger partial charge >= 0.3 is 0 Å². The van der Waals surface area contributed by atoms with Crippen LogP contribution in [0.2, 0.25) is 0 Å². The van der Waals surface area contributed by atoms with E-state index in [4.69, 9.17) is 4.74 Å². The van der Waals surface area contributed by atoms with Crippen molar-refractivity contribution in [1.29, 1.82) is 0 Å². The minimum Gasteiger partial charge on any atom is -0.480 e. The Kier molecular flexibility index (Phi) is 4.76. The zero-order valence-electron chi connectivity index (χ0n) is 13.2. The van der Waals surface area contributed by atoms with Gasteiger partial charge in [-0.2, -0.15) is 0 Å². The Balaban J connectivity index is 1.69. The predicted molar refractivity (Wildman–Crippen MR) is 89.8 cm³/mol. The van der Waals surface area contributed by atoms with Crippen LogP contribution in [0, 0.1) is 0 Å². The van der Waals surface area contributed by atoms with Gasteiger partial charge in [0.2, 0.25) is 5.88 Å². The topological polar surface area (TPSA) is 54.5 Å². The van der Waals surface area contributed by atoms with E-state index in [9.17, 15) is 4.79 Å². The van der Waals surface area contributed by atoms with Crippen LogP contribution in [-0.2, 0) is 0 Å². The molecule has 1 atom stereocenters. The second kappa shape index (κ2) is 7.13. The van der Waals surface area contributed by atoms with Crippen molar-refractivity contribution in [2.75, 3.05) is 25.5 Å². The van der Waals surface area contributed by atoms with Crippen LogP contribution in [0.1, 0.15) is 23.2 Å². The minimum absolute atomic E-state index is 0.0190. The van der Waals surface area contributed by atoms with Crippen molar-refractivity contribution >= 4 is 11.6 Å². The molecular formula is C18H21N3O2. The van der Waals surface area contributed by atoms with E-state index in [1.165, 1.54) is 7.11 Å². The third-order valence-electron chi connectivity index (χ3n) is 4.05. The number of pyridine rings is 1. The third-order valence-corrected chi connectivity index (χ3v) is 4.05. The van der Waals surface area contributed by atoms with Gasteiger partial charge in [0.05, 0.1) is 7.11 Å². The number of hydrogen-bond donors (Lipinski definition) is 1. The highest BCUT2D eigenvalue weighted by Crippen LogP contribution is 2.21. The molecule has 1 fully saturated rings. The van der Waals surface area contributed by atoms with Crippen LogP contribution in [0.25, 0.3) is 0 Å². The van der Waals surface area contributed by atoms with Crippen molar-refractivity contribution in [3.8, 4) is 5.88 Å². The summed E-state index contributed by atoms with van der Waals surface area (Å²) >= 11 is 0. The highest BCUT2D eigenvalue weighted by atomic mass is 16.5. The molecule has 1 aromatic heterocycles. The number of methoxy groups -OCH3 is 1. The van der Waals surface area contributed by atoms with Crippen molar-refractivity contribution in [3.63, 3.8) is 0 Å². The lowest BCUT2D eigenvalue weighted by Gasteiger charge is -2.34. The zero-order valence-corrected chi connectivity index (χ0v) is 13.2. The predicted octanol–water partition coefficient (Wildman–Crippen LogP) is 2.81. The molecule has 1 aromatic carbocycles. The number of aromatic nitrogens is 1. The van der Waals surface area contributed by atoms with Crippen LogP contribution in [0.15, 0.2) is 48.7 Å². The van der Waals surface area contributed by atoms with Crippen LogP contribution in [-0.4, -0.2) is 42.0 Å². The SMILES string of the molecule is COc1ncccc1C(=O)N1CCC[C@@H](Nc2ccccc2)C1. The number of para-hydroxylation sites is 1. The summed E-state index contributed by atoms with van der Waals surface area (Å²) in [5.74, 6) is 0.366. The van der Waals surface area contributed by atoms with Crippen molar-refractivity contribution in [3.05, 3.63) is 54.2 Å². The first-order valence-electron chi connectivity index (χ1n) is 7.88. The van der Waals surface area contributed by atoms with E-state index >= 15 is 0 Å². The molecule has 23 heavy (non-hydrogen) atoms. The summed E-state index contributed by atoms with van der Waals surface area (Å²) < 4.78 is 5.21. The summed E-state index contributed by atoms with van der Waals surface area (Å²) in [6, 6.07) is 13.9. The Morgan fingerprint density at radius 2 is 2.09 bits per heavy atom. The Bertz CT molecular complexity index is 660. The molecule has 5 nitrogen and oxygen atoms in total. The number of hydrogen-bond acceptors (Lipinski definition) is 4. The number of nitrogens with zero attached hydrogens (tertiary/aromatic N) is 2. The highest BCUT2D eigenvalue weighted by molar-refractivity contribution is 5.96. The molecule has 3 rings (SSSR count). The molecule has 1 amide bonds. The van der Waals surface area contributed by atoms with E-state index in [0.717, 1.165) is 25.1 Å². The van der Waals surface area contributed by atoms with Crippen LogP contribution >= 0.6 is 0 Å². The van der Waals surface area contributed by atoms with Gasteiger partial charge in [-0.1, -0.05) is 18.2 Å². The minimum atomic E-state index is -0.0190. The summed E-state index contributed by atoms with van der Waals surface area (Å²) in [7, 11) is 1.54. The normalized spacial score (nSPS) is 17.6. The van der Waals surface area contributed by atoms with Gasteiger partial charge in [0.1, 0.15) is 5.56 Å². The number of anilines is 1. The molecule has 120 valence electrons. The summed E-state index contributed by atoms with van der Waals surface area (Å²) in [4.78, 5) is 18.7. The van der Waals surface area contributed by atoms with Crippen molar-refractivity contribution < 1.29 is 9.53 Å². The molecule has 0 spiro atoms. The average molecular weight is 311 g/mol. The van der Waals surface area contributed by atoms with Gasteiger partial charge in [-0.05, 0) is 37.1 Å². The fourth-order valence-corrected chi connectivity index (χ4v) is 2.94. The number of benzene rings is 1. The quantitative estimate of drug-likeness (QED) is 0.943. The van der Waals surface area contributed by atoms with E-state index in [1.807, 2.05) is 35.2 Å². The fourth-order valence-electron chi connectivity index (χ4n) is 2.94. The van der Waals surface area contributed by atoms with Crippen molar-refractivity contribution in [2.45, 2.75) is 18.9 Å². The molecule has 2 aromatic rings. The summed E-state index contributed by atoms with van der Waals surface area (Å²) in [5, 5.41) is 3.50. The first kappa shape index (κ1) is 15.3. The number of carbonyl (C=O) groups excluding carboxylic acids is 1. The highest BCUT2D eigenvalue weighted by Gasteiger charge is 2.26. The fraction of sp³-hybridized carbons (Fsp3) is 0.333. The molecule has 2 heterocycles. The van der Waals surface area contributed by atoms with E-state index in [0.29, 0.717) is 18.0 Å². The van der Waals surface area contributed by atoms with Gasteiger partial charge in [0, 0.05) is 31.0 Å². The second-order valence-corrected chi connectivity index (χ2v) is 5.66. The Labute approximate surface area is 136 Å². The summed E-state index contributed by atoms with van der Waals surface area (Å²) in [5.41, 5.74) is 1.61. The number of piperidine rings is 1. The number of rotatable bonds is 4. The van der Waals surface area contributed by atoms with Gasteiger partial charge in [0.25, 0.3) is 5.91 Å². The number of carbonyl (C=O) groups is 1. The van der Waals surface area contributed by atoms with Gasteiger partial charge in [0.15, 0.2) is 0 Å². The third kappa shape index (κ3) is 3.62. The van der Waals surface area contributed by atoms with Gasteiger partial charge < -0.3 is 15.0 Å². The van der Waals surface area contributed by atoms with Crippen LogP contribution in [0.5, 0.6) is 5.88 Å². The lowest BCUT2D eigenvalue weighted by Crippen LogP contribution is -2.45. The Hall–Kier alpha value is -2.56. The maximum atomic E-state index is 12.8. The smallest absolute Gasteiger partial charge is 0.259 e. The van der Waals surface area contributed by atoms with E-state index in [2.05, 4.69) is 10.3 Å². The molecule has 5 heteroatoms. The lowest BCUT2D eigenvalue weighted by molar-refractivity contribution is 0.0710. The lowest BCUT2D eigenvalue weighted by atomic mass is 10.0. The van der Waals surface area contributed by atoms with E-state index < -0.39 is 0 Å². The maximum Gasteiger partial charge on any atom is 0.259 e. The molecule has 0 radical (unpaired) electrons. The Morgan fingerprint density at radius 3 is 2.87 bits per heavy atom. The van der Waals surface area contributed by atoms with Crippen LogP contribution in [0.4, 0.5) is 5.69 Å². The van der Waals surface area contributed by atoms with E-state index in [-0.39, 0.29) is 11.9 Å². The van der Waals surface area contributed by atoms with Crippen LogP contribution < -0.4 is 10.1 Å². The molecule has 1 saturated heterocycles. The largest absolute Gasteiger partial charge is 0.480 e. The number of ether oxygens (including phenoxy) is 1. The van der Waals surface area contributed by atoms with Gasteiger partial charge in [-0.25, -0.2) is 4.98 Å². The first-order chi connectivity index (χ1) is 11.3. The van der Waals surface area contributed by atoms with Crippen LogP contribution in [0.3, 0.4) is 0 Å². The van der Waals surface area contributed by atoms with E-state index in [1.54, 1.807) is 18.3 Å². The molecule has 1 aliphatic rings. The second-order valence-electron chi connectivity index (χ2n) is 5.66. The molecule has 0 bridgehead atoms. The average Bonchev–Trinajstić information content (AvgIpc) is 2.62. The number of nitrogens with one attached hydrogen (secondary N) is 1.